The summed E-state index contributed by atoms with van der Waals surface area (Å²) in [6, 6.07) is 4.36. The van der Waals surface area contributed by atoms with Crippen molar-refractivity contribution in [3.8, 4) is 0 Å². The van der Waals surface area contributed by atoms with E-state index >= 15 is 0 Å². The number of nitrogens with zero attached hydrogens (tertiary/aromatic N) is 2. The highest BCUT2D eigenvalue weighted by Gasteiger charge is 2.26. The Morgan fingerprint density at radius 1 is 1.48 bits per heavy atom. The van der Waals surface area contributed by atoms with Crippen LogP contribution in [0.25, 0.3) is 0 Å². The first-order valence-corrected chi connectivity index (χ1v) is 9.77. The highest BCUT2D eigenvalue weighted by molar-refractivity contribution is 7.85. The Hall–Kier alpha value is -1.43. The Bertz CT molecular complexity index is 561. The molecule has 6 heteroatoms. The zero-order valence-electron chi connectivity index (χ0n) is 14.3. The van der Waals surface area contributed by atoms with Gasteiger partial charge in [-0.2, -0.15) is 0 Å². The van der Waals surface area contributed by atoms with Gasteiger partial charge in [-0.15, -0.1) is 0 Å². The zero-order chi connectivity index (χ0) is 16.7. The van der Waals surface area contributed by atoms with Gasteiger partial charge in [0, 0.05) is 41.1 Å². The molecule has 3 unspecified atom stereocenters. The van der Waals surface area contributed by atoms with Crippen molar-refractivity contribution >= 4 is 16.8 Å². The van der Waals surface area contributed by atoms with E-state index in [-0.39, 0.29) is 0 Å². The molecule has 1 aliphatic carbocycles. The maximum Gasteiger partial charge on any atom is 0.191 e. The van der Waals surface area contributed by atoms with Crippen LogP contribution in [0.2, 0.25) is 0 Å². The summed E-state index contributed by atoms with van der Waals surface area (Å²) in [5.74, 6) is 1.55. The fourth-order valence-corrected chi connectivity index (χ4v) is 4.36. The molecule has 0 aromatic carbocycles. The number of rotatable bonds is 5. The van der Waals surface area contributed by atoms with Gasteiger partial charge >= 0.3 is 0 Å². The van der Waals surface area contributed by atoms with Crippen molar-refractivity contribution in [1.29, 1.82) is 0 Å². The van der Waals surface area contributed by atoms with Gasteiger partial charge in [0.05, 0.1) is 12.2 Å². The van der Waals surface area contributed by atoms with Gasteiger partial charge in [-0.05, 0) is 37.8 Å². The predicted octanol–water partition coefficient (Wildman–Crippen LogP) is 2.13. The summed E-state index contributed by atoms with van der Waals surface area (Å²) in [6.45, 7) is 4.72. The molecule has 128 valence electrons. The van der Waals surface area contributed by atoms with E-state index in [9.17, 15) is 4.21 Å². The topological polar surface area (TPSA) is 66.4 Å². The highest BCUT2D eigenvalue weighted by atomic mass is 32.2. The van der Waals surface area contributed by atoms with Crippen LogP contribution in [-0.4, -0.2) is 39.2 Å². The third-order valence-electron chi connectivity index (χ3n) is 4.39. The van der Waals surface area contributed by atoms with Crippen LogP contribution in [0, 0.1) is 6.92 Å². The summed E-state index contributed by atoms with van der Waals surface area (Å²) in [5.41, 5.74) is 2.20. The molecule has 1 saturated carbocycles. The van der Waals surface area contributed by atoms with Crippen molar-refractivity contribution in [2.45, 2.75) is 57.4 Å². The highest BCUT2D eigenvalue weighted by Crippen LogP contribution is 2.22. The number of aliphatic imine (C=N–C) groups is 1. The molecular weight excluding hydrogens is 308 g/mol. The molecule has 3 atom stereocenters. The first kappa shape index (κ1) is 17.9. The third-order valence-corrected chi connectivity index (χ3v) is 6.13. The van der Waals surface area contributed by atoms with Crippen LogP contribution in [0.15, 0.2) is 23.3 Å². The molecule has 0 radical (unpaired) electrons. The molecule has 1 heterocycles. The van der Waals surface area contributed by atoms with E-state index in [1.54, 1.807) is 7.05 Å². The van der Waals surface area contributed by atoms with Gasteiger partial charge in [-0.1, -0.05) is 19.4 Å². The Morgan fingerprint density at radius 3 is 3.00 bits per heavy atom. The summed E-state index contributed by atoms with van der Waals surface area (Å²) in [5, 5.41) is 7.14. The third kappa shape index (κ3) is 5.30. The average molecular weight is 337 g/mol. The van der Waals surface area contributed by atoms with Gasteiger partial charge in [0.2, 0.25) is 0 Å². The fraction of sp³-hybridized carbons (Fsp3) is 0.647. The smallest absolute Gasteiger partial charge is 0.191 e. The largest absolute Gasteiger partial charge is 0.354 e. The lowest BCUT2D eigenvalue weighted by Gasteiger charge is -2.30. The second-order valence-electron chi connectivity index (χ2n) is 5.99. The molecule has 0 saturated heterocycles. The van der Waals surface area contributed by atoms with Crippen molar-refractivity contribution in [1.82, 2.24) is 15.6 Å². The van der Waals surface area contributed by atoms with Crippen molar-refractivity contribution in [3.63, 3.8) is 0 Å². The van der Waals surface area contributed by atoms with E-state index in [1.807, 2.05) is 19.2 Å². The Balaban J connectivity index is 1.87. The molecule has 1 fully saturated rings. The van der Waals surface area contributed by atoms with Crippen molar-refractivity contribution < 1.29 is 4.21 Å². The van der Waals surface area contributed by atoms with Crippen molar-refractivity contribution in [3.05, 3.63) is 29.6 Å². The molecular formula is C17H28N4OS. The average Bonchev–Trinajstić information content (AvgIpc) is 2.59. The summed E-state index contributed by atoms with van der Waals surface area (Å²) in [7, 11) is 1.09. The Morgan fingerprint density at radius 2 is 2.30 bits per heavy atom. The minimum atomic E-state index is -0.698. The standard InChI is InChI=1S/C17H28N4OS/c1-4-23(22)15-9-5-8-14(11-15)21-17(18-3)20-12-16-13(2)7-6-10-19-16/h6-7,10,14-15H,4-5,8-9,11-12H2,1-3H3,(H2,18,20,21). The Kier molecular flexibility index (Phi) is 7.02. The lowest BCUT2D eigenvalue weighted by Crippen LogP contribution is -2.46. The van der Waals surface area contributed by atoms with Crippen LogP contribution in [0.1, 0.15) is 43.9 Å². The van der Waals surface area contributed by atoms with E-state index in [4.69, 9.17) is 0 Å². The normalized spacial score (nSPS) is 23.3. The molecule has 1 aromatic heterocycles. The lowest BCUT2D eigenvalue weighted by atomic mass is 9.95. The molecule has 0 bridgehead atoms. The van der Waals surface area contributed by atoms with Crippen LogP contribution in [0.3, 0.4) is 0 Å². The van der Waals surface area contributed by atoms with E-state index in [0.717, 1.165) is 43.1 Å². The van der Waals surface area contributed by atoms with Crippen LogP contribution in [-0.2, 0) is 17.3 Å². The van der Waals surface area contributed by atoms with Crippen LogP contribution < -0.4 is 10.6 Å². The summed E-state index contributed by atoms with van der Waals surface area (Å²) < 4.78 is 12.0. The van der Waals surface area contributed by atoms with Crippen molar-refractivity contribution in [2.24, 2.45) is 4.99 Å². The molecule has 2 N–H and O–H groups in total. The first-order chi connectivity index (χ1) is 11.1. The van der Waals surface area contributed by atoms with Crippen LogP contribution in [0.5, 0.6) is 0 Å². The molecule has 1 aromatic rings. The van der Waals surface area contributed by atoms with E-state index in [2.05, 4.69) is 33.6 Å². The van der Waals surface area contributed by atoms with E-state index in [1.165, 1.54) is 5.56 Å². The zero-order valence-corrected chi connectivity index (χ0v) is 15.2. The molecule has 23 heavy (non-hydrogen) atoms. The number of hydrogen-bond acceptors (Lipinski definition) is 3. The molecule has 2 rings (SSSR count). The van der Waals surface area contributed by atoms with E-state index < -0.39 is 10.8 Å². The maximum absolute atomic E-state index is 12.0. The fourth-order valence-electron chi connectivity index (χ4n) is 3.01. The number of guanidine groups is 1. The van der Waals surface area contributed by atoms with Crippen LogP contribution >= 0.6 is 0 Å². The van der Waals surface area contributed by atoms with Gasteiger partial charge < -0.3 is 10.6 Å². The second-order valence-corrected chi connectivity index (χ2v) is 8.00. The first-order valence-electron chi connectivity index (χ1n) is 8.38. The number of pyridine rings is 1. The predicted molar refractivity (Wildman–Crippen MR) is 97.0 cm³/mol. The summed E-state index contributed by atoms with van der Waals surface area (Å²) >= 11 is 0. The maximum atomic E-state index is 12.0. The SMILES string of the molecule is CCS(=O)C1CCCC(NC(=NC)NCc2ncccc2C)C1. The van der Waals surface area contributed by atoms with Gasteiger partial charge in [0.1, 0.15) is 0 Å². The number of aromatic nitrogens is 1. The monoisotopic (exact) mass is 336 g/mol. The molecule has 1 aliphatic rings. The lowest BCUT2D eigenvalue weighted by molar-refractivity contribution is 0.413. The summed E-state index contributed by atoms with van der Waals surface area (Å²) in [6.07, 6.45) is 6.10. The number of aryl methyl sites for hydroxylation is 1. The second kappa shape index (κ2) is 9.01. The molecule has 5 nitrogen and oxygen atoms in total. The van der Waals surface area contributed by atoms with Gasteiger partial charge in [-0.25, -0.2) is 0 Å². The van der Waals surface area contributed by atoms with E-state index in [0.29, 0.717) is 17.8 Å². The minimum Gasteiger partial charge on any atom is -0.354 e. The molecule has 0 aliphatic heterocycles. The van der Waals surface area contributed by atoms with Crippen LogP contribution in [0.4, 0.5) is 0 Å². The van der Waals surface area contributed by atoms with Crippen molar-refractivity contribution in [2.75, 3.05) is 12.8 Å². The molecule has 0 amide bonds. The number of nitrogens with one attached hydrogen (secondary N) is 2. The molecule has 0 spiro atoms. The van der Waals surface area contributed by atoms with Gasteiger partial charge in [-0.3, -0.25) is 14.2 Å². The summed E-state index contributed by atoms with van der Waals surface area (Å²) in [4.78, 5) is 8.70. The minimum absolute atomic E-state index is 0.322. The number of hydrogen-bond donors (Lipinski definition) is 2. The quantitative estimate of drug-likeness (QED) is 0.639. The van der Waals surface area contributed by atoms with Gasteiger partial charge in [0.15, 0.2) is 5.96 Å². The van der Waals surface area contributed by atoms with Gasteiger partial charge in [0.25, 0.3) is 0 Å². The Labute approximate surface area is 141 Å².